The van der Waals surface area contributed by atoms with Crippen molar-refractivity contribution in [3.8, 4) is 0 Å². The number of aliphatic hydroxyl groups excluding tert-OH is 1. The van der Waals surface area contributed by atoms with Crippen LogP contribution in [0.2, 0.25) is 5.15 Å². The normalized spacial score (nSPS) is 21.3. The predicted octanol–water partition coefficient (Wildman–Crippen LogP) is 1.99. The molecule has 0 radical (unpaired) electrons. The van der Waals surface area contributed by atoms with E-state index in [0.717, 1.165) is 11.1 Å². The molecule has 6 heteroatoms. The Bertz CT molecular complexity index is 801. The van der Waals surface area contributed by atoms with E-state index in [1.165, 1.54) is 6.33 Å². The second-order valence-electron chi connectivity index (χ2n) is 4.90. The molecule has 2 aromatic heterocycles. The number of rotatable bonds is 1. The fourth-order valence-electron chi connectivity index (χ4n) is 2.91. The van der Waals surface area contributed by atoms with Crippen LogP contribution < -0.4 is 0 Å². The van der Waals surface area contributed by atoms with Gasteiger partial charge in [-0.25, -0.2) is 15.0 Å². The van der Waals surface area contributed by atoms with Gasteiger partial charge in [-0.15, -0.1) is 0 Å². The third kappa shape index (κ3) is 1.57. The number of imidazole rings is 1. The summed E-state index contributed by atoms with van der Waals surface area (Å²) in [5.41, 5.74) is 3.47. The number of hydrogen-bond donors (Lipinski definition) is 1. The van der Waals surface area contributed by atoms with Crippen LogP contribution >= 0.6 is 11.6 Å². The molecule has 0 saturated heterocycles. The number of hydrogen-bond acceptors (Lipinski definition) is 4. The van der Waals surface area contributed by atoms with Crippen LogP contribution in [0.5, 0.6) is 0 Å². The number of aromatic nitrogens is 4. The fraction of sp³-hybridized carbons (Fsp3) is 0.214. The van der Waals surface area contributed by atoms with Crippen LogP contribution in [0.4, 0.5) is 0 Å². The summed E-state index contributed by atoms with van der Waals surface area (Å²) in [6.45, 7) is 0. The smallest absolute Gasteiger partial charge is 0.165 e. The monoisotopic (exact) mass is 286 g/mol. The summed E-state index contributed by atoms with van der Waals surface area (Å²) in [6.07, 6.45) is 3.23. The van der Waals surface area contributed by atoms with Crippen molar-refractivity contribution >= 4 is 22.8 Å². The summed E-state index contributed by atoms with van der Waals surface area (Å²) in [5.74, 6) is 0. The zero-order chi connectivity index (χ0) is 13.7. The Balaban J connectivity index is 1.94. The lowest BCUT2D eigenvalue weighted by Gasteiger charge is -2.18. The SMILES string of the molecule is O[C@@H]1Cc2ccccc2[C@H]1n1cnc2c(Cl)ncnc21. The molecule has 1 N–H and O–H groups in total. The molecule has 0 aliphatic heterocycles. The number of nitrogens with zero attached hydrogens (tertiary/aromatic N) is 4. The Morgan fingerprint density at radius 1 is 1.20 bits per heavy atom. The number of halogens is 1. The molecule has 5 nitrogen and oxygen atoms in total. The van der Waals surface area contributed by atoms with Gasteiger partial charge in [0.2, 0.25) is 0 Å². The van der Waals surface area contributed by atoms with Crippen molar-refractivity contribution in [3.05, 3.63) is 53.2 Å². The number of fused-ring (bicyclic) bond motifs is 2. The molecule has 0 bridgehead atoms. The molecule has 1 aliphatic carbocycles. The fourth-order valence-corrected chi connectivity index (χ4v) is 3.09. The van der Waals surface area contributed by atoms with Crippen LogP contribution in [0, 0.1) is 0 Å². The summed E-state index contributed by atoms with van der Waals surface area (Å²) in [6, 6.07) is 7.86. The summed E-state index contributed by atoms with van der Waals surface area (Å²) in [4.78, 5) is 12.4. The van der Waals surface area contributed by atoms with Crippen LogP contribution in [0.15, 0.2) is 36.9 Å². The summed E-state index contributed by atoms with van der Waals surface area (Å²) >= 11 is 6.02. The van der Waals surface area contributed by atoms with Gasteiger partial charge in [0.05, 0.1) is 18.5 Å². The predicted molar refractivity (Wildman–Crippen MR) is 74.6 cm³/mol. The van der Waals surface area contributed by atoms with Crippen LogP contribution in [0.25, 0.3) is 11.2 Å². The Kier molecular flexibility index (Phi) is 2.52. The van der Waals surface area contributed by atoms with E-state index in [0.29, 0.717) is 22.7 Å². The average molecular weight is 287 g/mol. The highest BCUT2D eigenvalue weighted by Gasteiger charge is 2.33. The average Bonchev–Trinajstić information content (AvgIpc) is 2.99. The molecular formula is C14H11ClN4O. The first-order valence-corrected chi connectivity index (χ1v) is 6.72. The van der Waals surface area contributed by atoms with Gasteiger partial charge in [-0.1, -0.05) is 35.9 Å². The van der Waals surface area contributed by atoms with Crippen molar-refractivity contribution in [1.82, 2.24) is 19.5 Å². The van der Waals surface area contributed by atoms with Crippen molar-refractivity contribution < 1.29 is 5.11 Å². The van der Waals surface area contributed by atoms with Crippen LogP contribution in [-0.2, 0) is 6.42 Å². The van der Waals surface area contributed by atoms with Gasteiger partial charge in [0, 0.05) is 6.42 Å². The molecule has 0 amide bonds. The first-order valence-electron chi connectivity index (χ1n) is 6.34. The second-order valence-corrected chi connectivity index (χ2v) is 5.26. The minimum absolute atomic E-state index is 0.179. The molecule has 0 spiro atoms. The zero-order valence-electron chi connectivity index (χ0n) is 10.4. The largest absolute Gasteiger partial charge is 0.390 e. The standard InChI is InChI=1S/C14H11ClN4O/c15-13-11-14(17-6-16-13)19(7-18-11)12-9-4-2-1-3-8(9)5-10(12)20/h1-4,6-7,10,12,20H,5H2/t10-,12-/m1/s1. The molecule has 20 heavy (non-hydrogen) atoms. The molecular weight excluding hydrogens is 276 g/mol. The topological polar surface area (TPSA) is 63.8 Å². The number of aliphatic hydroxyl groups is 1. The summed E-state index contributed by atoms with van der Waals surface area (Å²) < 4.78 is 1.87. The molecule has 2 heterocycles. The van der Waals surface area contributed by atoms with Gasteiger partial charge in [-0.3, -0.25) is 0 Å². The van der Waals surface area contributed by atoms with Crippen LogP contribution in [0.1, 0.15) is 17.2 Å². The Morgan fingerprint density at radius 3 is 2.95 bits per heavy atom. The minimum atomic E-state index is -0.487. The van der Waals surface area contributed by atoms with Gasteiger partial charge in [-0.2, -0.15) is 0 Å². The third-order valence-corrected chi connectivity index (χ3v) is 4.06. The van der Waals surface area contributed by atoms with Gasteiger partial charge in [0.25, 0.3) is 0 Å². The zero-order valence-corrected chi connectivity index (χ0v) is 11.2. The lowest BCUT2D eigenvalue weighted by molar-refractivity contribution is 0.145. The van der Waals surface area contributed by atoms with Gasteiger partial charge in [0.1, 0.15) is 11.8 Å². The van der Waals surface area contributed by atoms with Crippen molar-refractivity contribution in [3.63, 3.8) is 0 Å². The van der Waals surface area contributed by atoms with Gasteiger partial charge in [0.15, 0.2) is 10.8 Å². The first kappa shape index (κ1) is 11.8. The van der Waals surface area contributed by atoms with Crippen LogP contribution in [0.3, 0.4) is 0 Å². The van der Waals surface area contributed by atoms with E-state index in [9.17, 15) is 5.11 Å². The highest BCUT2D eigenvalue weighted by Crippen LogP contribution is 2.36. The van der Waals surface area contributed by atoms with E-state index in [2.05, 4.69) is 15.0 Å². The van der Waals surface area contributed by atoms with Crippen LogP contribution in [-0.4, -0.2) is 30.7 Å². The Morgan fingerprint density at radius 2 is 2.05 bits per heavy atom. The van der Waals surface area contributed by atoms with Gasteiger partial charge < -0.3 is 9.67 Å². The molecule has 4 rings (SSSR count). The molecule has 0 unspecified atom stereocenters. The second kappa shape index (κ2) is 4.26. The minimum Gasteiger partial charge on any atom is -0.390 e. The molecule has 1 aromatic carbocycles. The van der Waals surface area contributed by atoms with E-state index in [1.807, 2.05) is 28.8 Å². The number of benzene rings is 1. The summed E-state index contributed by atoms with van der Waals surface area (Å²) in [5, 5.41) is 10.7. The Hall–Kier alpha value is -1.98. The quantitative estimate of drug-likeness (QED) is 0.695. The highest BCUT2D eigenvalue weighted by atomic mass is 35.5. The lowest BCUT2D eigenvalue weighted by atomic mass is 10.1. The molecule has 3 aromatic rings. The van der Waals surface area contributed by atoms with E-state index < -0.39 is 6.10 Å². The van der Waals surface area contributed by atoms with Gasteiger partial charge >= 0.3 is 0 Å². The highest BCUT2D eigenvalue weighted by molar-refractivity contribution is 6.33. The maximum Gasteiger partial charge on any atom is 0.165 e. The molecule has 100 valence electrons. The van der Waals surface area contributed by atoms with Gasteiger partial charge in [-0.05, 0) is 11.1 Å². The van der Waals surface area contributed by atoms with Crippen molar-refractivity contribution in [2.75, 3.05) is 0 Å². The third-order valence-electron chi connectivity index (χ3n) is 3.78. The van der Waals surface area contributed by atoms with E-state index in [1.54, 1.807) is 6.33 Å². The molecule has 0 saturated carbocycles. The maximum absolute atomic E-state index is 10.4. The Labute approximate surface area is 119 Å². The van der Waals surface area contributed by atoms with E-state index in [-0.39, 0.29) is 6.04 Å². The summed E-state index contributed by atoms with van der Waals surface area (Å²) in [7, 11) is 0. The first-order chi connectivity index (χ1) is 9.75. The van der Waals surface area contributed by atoms with E-state index in [4.69, 9.17) is 11.6 Å². The maximum atomic E-state index is 10.4. The van der Waals surface area contributed by atoms with E-state index >= 15 is 0 Å². The molecule has 2 atom stereocenters. The molecule has 0 fully saturated rings. The van der Waals surface area contributed by atoms with Crippen molar-refractivity contribution in [2.45, 2.75) is 18.6 Å². The van der Waals surface area contributed by atoms with Crippen molar-refractivity contribution in [1.29, 1.82) is 0 Å². The molecule has 1 aliphatic rings. The lowest BCUT2D eigenvalue weighted by Crippen LogP contribution is -2.20. The van der Waals surface area contributed by atoms with Crippen molar-refractivity contribution in [2.24, 2.45) is 0 Å².